The van der Waals surface area contributed by atoms with Gasteiger partial charge in [0.1, 0.15) is 0 Å². The number of ether oxygens (including phenoxy) is 1. The Balaban J connectivity index is 1.47. The van der Waals surface area contributed by atoms with Crippen molar-refractivity contribution in [2.75, 3.05) is 32.1 Å². The molecule has 0 aromatic rings. The first-order valence-corrected chi connectivity index (χ1v) is 8.64. The molecule has 104 valence electrons. The molecular weight excluding hydrogens is 244 g/mol. The Morgan fingerprint density at radius 2 is 2.22 bits per heavy atom. The van der Waals surface area contributed by atoms with Crippen LogP contribution in [0.2, 0.25) is 0 Å². The average Bonchev–Trinajstić information content (AvgIpc) is 3.09. The Hall–Kier alpha value is 0.230. The molecule has 3 fully saturated rings. The van der Waals surface area contributed by atoms with Gasteiger partial charge in [-0.2, -0.15) is 11.8 Å². The molecule has 2 saturated heterocycles. The van der Waals surface area contributed by atoms with Crippen LogP contribution in [0.1, 0.15) is 32.1 Å². The smallest absolute Gasteiger partial charge is 0.0623 e. The number of hydrogen-bond acceptors (Lipinski definition) is 4. The zero-order valence-electron chi connectivity index (χ0n) is 11.2. The van der Waals surface area contributed by atoms with E-state index in [1.165, 1.54) is 44.4 Å². The van der Waals surface area contributed by atoms with Gasteiger partial charge < -0.3 is 15.4 Å². The van der Waals surface area contributed by atoms with Gasteiger partial charge in [-0.1, -0.05) is 6.42 Å². The Bertz CT molecular complexity index is 252. The molecule has 0 bridgehead atoms. The van der Waals surface area contributed by atoms with Crippen LogP contribution in [0, 0.1) is 5.92 Å². The van der Waals surface area contributed by atoms with Gasteiger partial charge in [-0.05, 0) is 37.4 Å². The van der Waals surface area contributed by atoms with E-state index in [0.717, 1.165) is 37.0 Å². The third-order valence-corrected chi connectivity index (χ3v) is 6.07. The topological polar surface area (TPSA) is 33.3 Å². The van der Waals surface area contributed by atoms with Crippen molar-refractivity contribution in [1.29, 1.82) is 0 Å². The first-order valence-electron chi connectivity index (χ1n) is 7.59. The van der Waals surface area contributed by atoms with Crippen molar-refractivity contribution in [2.24, 2.45) is 5.92 Å². The van der Waals surface area contributed by atoms with Crippen LogP contribution in [-0.4, -0.2) is 49.4 Å². The highest BCUT2D eigenvalue weighted by Crippen LogP contribution is 2.31. The van der Waals surface area contributed by atoms with Crippen LogP contribution in [0.5, 0.6) is 0 Å². The monoisotopic (exact) mass is 270 g/mol. The van der Waals surface area contributed by atoms with E-state index in [9.17, 15) is 0 Å². The Kier molecular flexibility index (Phi) is 4.85. The largest absolute Gasteiger partial charge is 0.379 e. The van der Waals surface area contributed by atoms with Crippen molar-refractivity contribution < 1.29 is 4.74 Å². The summed E-state index contributed by atoms with van der Waals surface area (Å²) in [7, 11) is 0. The summed E-state index contributed by atoms with van der Waals surface area (Å²) >= 11 is 2.16. The van der Waals surface area contributed by atoms with E-state index in [1.807, 2.05) is 0 Å². The van der Waals surface area contributed by atoms with E-state index >= 15 is 0 Å². The van der Waals surface area contributed by atoms with E-state index < -0.39 is 0 Å². The highest BCUT2D eigenvalue weighted by molar-refractivity contribution is 8.00. The molecule has 1 aliphatic carbocycles. The number of hydrogen-bond donors (Lipinski definition) is 2. The van der Waals surface area contributed by atoms with Crippen molar-refractivity contribution in [3.8, 4) is 0 Å². The van der Waals surface area contributed by atoms with Crippen molar-refractivity contribution >= 4 is 11.8 Å². The van der Waals surface area contributed by atoms with Gasteiger partial charge in [-0.15, -0.1) is 0 Å². The molecule has 0 aromatic carbocycles. The molecule has 3 nitrogen and oxygen atoms in total. The van der Waals surface area contributed by atoms with Crippen LogP contribution in [0.4, 0.5) is 0 Å². The lowest BCUT2D eigenvalue weighted by Crippen LogP contribution is -2.51. The molecule has 0 spiro atoms. The van der Waals surface area contributed by atoms with Crippen LogP contribution in [0.15, 0.2) is 0 Å². The molecule has 1 saturated carbocycles. The third kappa shape index (κ3) is 3.21. The molecule has 4 heteroatoms. The zero-order chi connectivity index (χ0) is 12.2. The second kappa shape index (κ2) is 6.60. The number of thioether (sulfide) groups is 1. The fourth-order valence-corrected chi connectivity index (χ4v) is 4.89. The molecule has 3 aliphatic rings. The molecule has 2 N–H and O–H groups in total. The predicted molar refractivity (Wildman–Crippen MR) is 77.2 cm³/mol. The normalized spacial score (nSPS) is 41.3. The van der Waals surface area contributed by atoms with Gasteiger partial charge in [0.15, 0.2) is 0 Å². The van der Waals surface area contributed by atoms with E-state index in [4.69, 9.17) is 4.74 Å². The van der Waals surface area contributed by atoms with Crippen molar-refractivity contribution in [1.82, 2.24) is 10.6 Å². The first kappa shape index (κ1) is 13.2. The lowest BCUT2D eigenvalue weighted by Gasteiger charge is -2.33. The van der Waals surface area contributed by atoms with Crippen LogP contribution < -0.4 is 10.6 Å². The van der Waals surface area contributed by atoms with E-state index in [2.05, 4.69) is 22.4 Å². The average molecular weight is 270 g/mol. The zero-order valence-corrected chi connectivity index (χ0v) is 12.0. The minimum atomic E-state index is 0.593. The van der Waals surface area contributed by atoms with Crippen molar-refractivity contribution in [3.63, 3.8) is 0 Å². The van der Waals surface area contributed by atoms with Crippen LogP contribution in [-0.2, 0) is 4.74 Å². The highest BCUT2D eigenvalue weighted by atomic mass is 32.2. The molecule has 4 unspecified atom stereocenters. The molecule has 2 heterocycles. The number of morpholine rings is 1. The summed E-state index contributed by atoms with van der Waals surface area (Å²) in [5.74, 6) is 2.16. The predicted octanol–water partition coefficient (Wildman–Crippen LogP) is 1.63. The van der Waals surface area contributed by atoms with Gasteiger partial charge in [0.2, 0.25) is 0 Å². The first-order chi connectivity index (χ1) is 8.93. The summed E-state index contributed by atoms with van der Waals surface area (Å²) in [4.78, 5) is 0. The molecule has 0 aromatic heterocycles. The van der Waals surface area contributed by atoms with E-state index in [1.54, 1.807) is 0 Å². The highest BCUT2D eigenvalue weighted by Gasteiger charge is 2.34. The maximum atomic E-state index is 5.63. The second-order valence-electron chi connectivity index (χ2n) is 5.88. The van der Waals surface area contributed by atoms with Gasteiger partial charge >= 0.3 is 0 Å². The maximum absolute atomic E-state index is 5.63. The fourth-order valence-electron chi connectivity index (χ4n) is 3.67. The van der Waals surface area contributed by atoms with Gasteiger partial charge in [0.25, 0.3) is 0 Å². The number of rotatable bonds is 4. The molecule has 4 atom stereocenters. The molecule has 0 amide bonds. The van der Waals surface area contributed by atoms with Gasteiger partial charge in [0, 0.05) is 30.4 Å². The summed E-state index contributed by atoms with van der Waals surface area (Å²) < 4.78 is 5.63. The summed E-state index contributed by atoms with van der Waals surface area (Å²) in [6.45, 7) is 4.06. The van der Waals surface area contributed by atoms with Gasteiger partial charge in [-0.25, -0.2) is 0 Å². The lowest BCUT2D eigenvalue weighted by atomic mass is 9.94. The van der Waals surface area contributed by atoms with Crippen molar-refractivity contribution in [2.45, 2.75) is 49.4 Å². The lowest BCUT2D eigenvalue weighted by molar-refractivity contribution is 0.0526. The molecular formula is C14H26N2OS. The minimum Gasteiger partial charge on any atom is -0.379 e. The molecule has 3 rings (SSSR count). The quantitative estimate of drug-likeness (QED) is 0.813. The van der Waals surface area contributed by atoms with E-state index in [-0.39, 0.29) is 0 Å². The summed E-state index contributed by atoms with van der Waals surface area (Å²) in [5, 5.41) is 8.38. The number of nitrogens with one attached hydrogen (secondary N) is 2. The van der Waals surface area contributed by atoms with Gasteiger partial charge in [-0.3, -0.25) is 0 Å². The minimum absolute atomic E-state index is 0.593. The maximum Gasteiger partial charge on any atom is 0.0623 e. The molecule has 0 radical (unpaired) electrons. The molecule has 18 heavy (non-hydrogen) atoms. The fraction of sp³-hybridized carbons (Fsp3) is 1.00. The van der Waals surface area contributed by atoms with Gasteiger partial charge in [0.05, 0.1) is 13.2 Å². The van der Waals surface area contributed by atoms with Crippen molar-refractivity contribution in [3.05, 3.63) is 0 Å². The van der Waals surface area contributed by atoms with E-state index in [0.29, 0.717) is 6.04 Å². The Morgan fingerprint density at radius 1 is 1.22 bits per heavy atom. The Labute approximate surface area is 115 Å². The summed E-state index contributed by atoms with van der Waals surface area (Å²) in [6.07, 6.45) is 6.96. The Morgan fingerprint density at radius 3 is 3.00 bits per heavy atom. The standard InChI is InChI=1S/C14H26N2OS/c1-4-12(14-10-17-7-6-15-14)13(5-1)16-9-11-3-2-8-18-11/h11-16H,1-10H2. The molecule has 2 aliphatic heterocycles. The second-order valence-corrected chi connectivity index (χ2v) is 7.29. The summed E-state index contributed by atoms with van der Waals surface area (Å²) in [6, 6.07) is 1.32. The summed E-state index contributed by atoms with van der Waals surface area (Å²) in [5.41, 5.74) is 0. The van der Waals surface area contributed by atoms with Crippen LogP contribution >= 0.6 is 11.8 Å². The SMILES string of the molecule is C1CSC(CNC2CCCC2C2COCCN2)C1. The van der Waals surface area contributed by atoms with Crippen LogP contribution in [0.3, 0.4) is 0 Å². The third-order valence-electron chi connectivity index (χ3n) is 4.67. The van der Waals surface area contributed by atoms with Crippen LogP contribution in [0.25, 0.3) is 0 Å².